The van der Waals surface area contributed by atoms with E-state index in [4.69, 9.17) is 4.74 Å². The molecular weight excluding hydrogens is 256 g/mol. The van der Waals surface area contributed by atoms with Gasteiger partial charge in [-0.05, 0) is 19.3 Å². The number of piperidine rings is 1. The molecule has 0 bridgehead atoms. The van der Waals surface area contributed by atoms with Crippen LogP contribution in [0.1, 0.15) is 33.1 Å². The average molecular weight is 278 g/mol. The molecule has 0 spiro atoms. The molecule has 0 saturated carbocycles. The number of methoxy groups -OCH3 is 1. The Hall–Kier alpha value is -0.660. The Morgan fingerprint density at radius 2 is 1.94 bits per heavy atom. The van der Waals surface area contributed by atoms with Gasteiger partial charge >= 0.3 is 5.97 Å². The van der Waals surface area contributed by atoms with Crippen molar-refractivity contribution in [3.05, 3.63) is 0 Å². The van der Waals surface area contributed by atoms with Gasteiger partial charge in [0.15, 0.2) is 0 Å². The van der Waals surface area contributed by atoms with Gasteiger partial charge in [-0.3, -0.25) is 4.79 Å². The van der Waals surface area contributed by atoms with E-state index in [1.54, 1.807) is 13.8 Å². The fraction of sp³-hybridized carbons (Fsp3) is 0.909. The van der Waals surface area contributed by atoms with Crippen LogP contribution in [0.25, 0.3) is 0 Å². The summed E-state index contributed by atoms with van der Waals surface area (Å²) in [6.45, 7) is 4.78. The fourth-order valence-electron chi connectivity index (χ4n) is 2.25. The van der Waals surface area contributed by atoms with Gasteiger partial charge in [0.1, 0.15) is 6.04 Å². The van der Waals surface area contributed by atoms with E-state index in [1.807, 2.05) is 0 Å². The van der Waals surface area contributed by atoms with Crippen LogP contribution in [0.2, 0.25) is 0 Å². The van der Waals surface area contributed by atoms with Crippen LogP contribution >= 0.6 is 0 Å². The number of nitrogens with zero attached hydrogens (tertiary/aromatic N) is 2. The SMILES string of the molecule is CCN(CC)S(=O)(=O)N1CCCCC1C(=O)OC. The average Bonchev–Trinajstić information content (AvgIpc) is 2.39. The molecule has 7 heteroatoms. The molecule has 0 N–H and O–H groups in total. The number of ether oxygens (including phenoxy) is 1. The standard InChI is InChI=1S/C11H22N2O4S/c1-4-12(5-2)18(15,16)13-9-7-6-8-10(13)11(14)17-3/h10H,4-9H2,1-3H3. The second kappa shape index (κ2) is 6.49. The van der Waals surface area contributed by atoms with E-state index in [-0.39, 0.29) is 0 Å². The molecule has 1 unspecified atom stereocenters. The molecule has 0 radical (unpaired) electrons. The minimum Gasteiger partial charge on any atom is -0.468 e. The molecule has 1 rings (SSSR count). The quantitative estimate of drug-likeness (QED) is 0.691. The van der Waals surface area contributed by atoms with Crippen molar-refractivity contribution in [1.82, 2.24) is 8.61 Å². The van der Waals surface area contributed by atoms with Gasteiger partial charge in [-0.15, -0.1) is 0 Å². The van der Waals surface area contributed by atoms with Crippen molar-refractivity contribution in [2.45, 2.75) is 39.2 Å². The Kier molecular flexibility index (Phi) is 5.55. The maximum absolute atomic E-state index is 12.4. The highest BCUT2D eigenvalue weighted by molar-refractivity contribution is 7.86. The van der Waals surface area contributed by atoms with Crippen molar-refractivity contribution >= 4 is 16.2 Å². The zero-order valence-electron chi connectivity index (χ0n) is 11.3. The Morgan fingerprint density at radius 1 is 1.33 bits per heavy atom. The van der Waals surface area contributed by atoms with E-state index in [0.29, 0.717) is 26.1 Å². The van der Waals surface area contributed by atoms with Crippen LogP contribution in [0.3, 0.4) is 0 Å². The predicted octanol–water partition coefficient (Wildman–Crippen LogP) is 0.600. The number of hydrogen-bond donors (Lipinski definition) is 0. The summed E-state index contributed by atoms with van der Waals surface area (Å²) in [7, 11) is -2.27. The molecule has 18 heavy (non-hydrogen) atoms. The maximum atomic E-state index is 12.4. The molecule has 1 atom stereocenters. The Balaban J connectivity index is 2.99. The first-order valence-corrected chi connectivity index (χ1v) is 7.73. The molecule has 1 heterocycles. The summed E-state index contributed by atoms with van der Waals surface area (Å²) in [6.07, 6.45) is 2.17. The monoisotopic (exact) mass is 278 g/mol. The molecule has 0 amide bonds. The first-order valence-electron chi connectivity index (χ1n) is 6.33. The molecule has 1 fully saturated rings. The van der Waals surface area contributed by atoms with Crippen LogP contribution < -0.4 is 0 Å². The lowest BCUT2D eigenvalue weighted by molar-refractivity contribution is -0.146. The van der Waals surface area contributed by atoms with E-state index < -0.39 is 22.2 Å². The third-order valence-corrected chi connectivity index (χ3v) is 5.45. The maximum Gasteiger partial charge on any atom is 0.324 e. The number of esters is 1. The van der Waals surface area contributed by atoms with Crippen molar-refractivity contribution in [3.8, 4) is 0 Å². The van der Waals surface area contributed by atoms with Gasteiger partial charge in [-0.2, -0.15) is 17.0 Å². The molecule has 106 valence electrons. The smallest absolute Gasteiger partial charge is 0.324 e. The summed E-state index contributed by atoms with van der Waals surface area (Å²) < 4.78 is 32.2. The van der Waals surface area contributed by atoms with Gasteiger partial charge in [-0.1, -0.05) is 13.8 Å². The van der Waals surface area contributed by atoms with Crippen molar-refractivity contribution in [1.29, 1.82) is 0 Å². The molecule has 1 saturated heterocycles. The molecular formula is C11H22N2O4S. The lowest BCUT2D eigenvalue weighted by atomic mass is 10.1. The van der Waals surface area contributed by atoms with Crippen molar-refractivity contribution in [2.75, 3.05) is 26.7 Å². The Morgan fingerprint density at radius 3 is 2.44 bits per heavy atom. The summed E-state index contributed by atoms with van der Waals surface area (Å²) >= 11 is 0. The Bertz CT molecular complexity index is 379. The second-order valence-electron chi connectivity index (χ2n) is 4.24. The zero-order valence-corrected chi connectivity index (χ0v) is 12.1. The van der Waals surface area contributed by atoms with Gasteiger partial charge in [0.25, 0.3) is 10.2 Å². The molecule has 0 aromatic heterocycles. The van der Waals surface area contributed by atoms with Gasteiger partial charge < -0.3 is 4.74 Å². The summed E-state index contributed by atoms with van der Waals surface area (Å²) in [4.78, 5) is 11.7. The summed E-state index contributed by atoms with van der Waals surface area (Å²) in [5.74, 6) is -0.467. The number of carbonyl (C=O) groups excluding carboxylic acids is 1. The minimum absolute atomic E-state index is 0.387. The molecule has 0 aromatic carbocycles. The topological polar surface area (TPSA) is 66.9 Å². The third kappa shape index (κ3) is 3.02. The molecule has 0 aliphatic carbocycles. The van der Waals surface area contributed by atoms with Crippen LogP contribution in [-0.2, 0) is 19.7 Å². The molecule has 6 nitrogen and oxygen atoms in total. The van der Waals surface area contributed by atoms with Crippen LogP contribution in [0.5, 0.6) is 0 Å². The minimum atomic E-state index is -3.56. The predicted molar refractivity (Wildman–Crippen MR) is 68.2 cm³/mol. The summed E-state index contributed by atoms with van der Waals surface area (Å²) in [6, 6.07) is -0.672. The van der Waals surface area contributed by atoms with E-state index >= 15 is 0 Å². The van der Waals surface area contributed by atoms with E-state index in [9.17, 15) is 13.2 Å². The van der Waals surface area contributed by atoms with E-state index in [0.717, 1.165) is 12.8 Å². The molecule has 0 aromatic rings. The highest BCUT2D eigenvalue weighted by atomic mass is 32.2. The molecule has 1 aliphatic heterocycles. The van der Waals surface area contributed by atoms with Gasteiger partial charge in [0.2, 0.25) is 0 Å². The number of rotatable bonds is 5. The second-order valence-corrected chi connectivity index (χ2v) is 6.12. The summed E-state index contributed by atoms with van der Waals surface area (Å²) in [5.41, 5.74) is 0. The van der Waals surface area contributed by atoms with Crippen LogP contribution in [0.15, 0.2) is 0 Å². The van der Waals surface area contributed by atoms with E-state index in [1.165, 1.54) is 15.7 Å². The van der Waals surface area contributed by atoms with Gasteiger partial charge in [-0.25, -0.2) is 0 Å². The third-order valence-electron chi connectivity index (χ3n) is 3.26. The molecule has 1 aliphatic rings. The largest absolute Gasteiger partial charge is 0.468 e. The summed E-state index contributed by atoms with van der Waals surface area (Å²) in [5, 5.41) is 0. The van der Waals surface area contributed by atoms with Crippen LogP contribution in [0, 0.1) is 0 Å². The van der Waals surface area contributed by atoms with Crippen molar-refractivity contribution in [3.63, 3.8) is 0 Å². The van der Waals surface area contributed by atoms with Crippen molar-refractivity contribution in [2.24, 2.45) is 0 Å². The normalized spacial score (nSPS) is 22.1. The fourth-order valence-corrected chi connectivity index (χ4v) is 4.07. The first-order chi connectivity index (χ1) is 8.48. The first kappa shape index (κ1) is 15.4. The number of hydrogen-bond acceptors (Lipinski definition) is 4. The van der Waals surface area contributed by atoms with Gasteiger partial charge in [0.05, 0.1) is 7.11 Å². The van der Waals surface area contributed by atoms with Crippen molar-refractivity contribution < 1.29 is 17.9 Å². The van der Waals surface area contributed by atoms with E-state index in [2.05, 4.69) is 0 Å². The lowest BCUT2D eigenvalue weighted by Gasteiger charge is -2.35. The highest BCUT2D eigenvalue weighted by Crippen LogP contribution is 2.23. The van der Waals surface area contributed by atoms with Crippen LogP contribution in [0.4, 0.5) is 0 Å². The highest BCUT2D eigenvalue weighted by Gasteiger charge is 2.39. The lowest BCUT2D eigenvalue weighted by Crippen LogP contribution is -2.53. The van der Waals surface area contributed by atoms with Gasteiger partial charge in [0, 0.05) is 19.6 Å². The Labute approximate surface area is 109 Å². The zero-order chi connectivity index (χ0) is 13.8. The number of carbonyl (C=O) groups is 1. The van der Waals surface area contributed by atoms with Crippen LogP contribution in [-0.4, -0.2) is 55.8 Å².